The van der Waals surface area contributed by atoms with Gasteiger partial charge in [0.25, 0.3) is 5.91 Å². The van der Waals surface area contributed by atoms with Crippen molar-refractivity contribution in [1.29, 1.82) is 0 Å². The molecule has 0 spiro atoms. The highest BCUT2D eigenvalue weighted by Crippen LogP contribution is 2.15. The molecule has 3 aromatic rings. The molecular formula is C14H15N7O2. The van der Waals surface area contributed by atoms with Crippen LogP contribution in [0.5, 0.6) is 0 Å². The molecule has 2 heterocycles. The van der Waals surface area contributed by atoms with Crippen LogP contribution in [-0.4, -0.2) is 31.6 Å². The molecule has 1 aromatic carbocycles. The zero-order valence-corrected chi connectivity index (χ0v) is 12.4. The number of hydrogen-bond acceptors (Lipinski definition) is 5. The summed E-state index contributed by atoms with van der Waals surface area (Å²) >= 11 is 0. The molecule has 2 aromatic heterocycles. The predicted octanol–water partition coefficient (Wildman–Crippen LogP) is -0.293. The van der Waals surface area contributed by atoms with Crippen molar-refractivity contribution in [2.24, 2.45) is 10.9 Å². The molecule has 0 aliphatic rings. The van der Waals surface area contributed by atoms with Gasteiger partial charge in [-0.05, 0) is 13.0 Å². The summed E-state index contributed by atoms with van der Waals surface area (Å²) in [5.74, 6) is 4.86. The van der Waals surface area contributed by atoms with E-state index in [0.29, 0.717) is 5.82 Å². The van der Waals surface area contributed by atoms with Gasteiger partial charge < -0.3 is 4.98 Å². The number of nitrogens with zero attached hydrogens (tertiary/aromatic N) is 4. The number of fused-ring (bicyclic) bond motifs is 1. The number of para-hydroxylation sites is 1. The number of nitrogens with two attached hydrogens (primary N) is 1. The summed E-state index contributed by atoms with van der Waals surface area (Å²) in [7, 11) is 0. The number of hydrazine groups is 1. The number of aryl methyl sites for hydroxylation is 1. The van der Waals surface area contributed by atoms with Gasteiger partial charge in [0.05, 0.1) is 6.21 Å². The smallest absolute Gasteiger partial charge is 0.361 e. The molecule has 0 aliphatic heterocycles. The van der Waals surface area contributed by atoms with Gasteiger partial charge in [-0.25, -0.2) is 15.3 Å². The number of hydrogen-bond donors (Lipinski definition) is 3. The molecule has 0 fully saturated rings. The van der Waals surface area contributed by atoms with Crippen LogP contribution in [0, 0.1) is 6.92 Å². The first kappa shape index (κ1) is 14.7. The lowest BCUT2D eigenvalue weighted by molar-refractivity contribution is -0.121. The number of amides is 1. The Balaban J connectivity index is 1.94. The molecule has 0 atom stereocenters. The van der Waals surface area contributed by atoms with Crippen molar-refractivity contribution in [3.8, 4) is 0 Å². The second-order valence-corrected chi connectivity index (χ2v) is 4.90. The molecule has 1 amide bonds. The first-order chi connectivity index (χ1) is 11.1. The number of carbonyl (C=O) groups is 1. The molecule has 9 nitrogen and oxygen atoms in total. The van der Waals surface area contributed by atoms with E-state index in [4.69, 9.17) is 5.84 Å². The lowest BCUT2D eigenvalue weighted by Gasteiger charge is -1.96. The summed E-state index contributed by atoms with van der Waals surface area (Å²) < 4.78 is 2.13. The van der Waals surface area contributed by atoms with Crippen LogP contribution >= 0.6 is 0 Å². The lowest BCUT2D eigenvalue weighted by Crippen LogP contribution is -2.36. The van der Waals surface area contributed by atoms with E-state index in [0.717, 1.165) is 25.8 Å². The Morgan fingerprint density at radius 2 is 2.26 bits per heavy atom. The normalized spacial score (nSPS) is 11.4. The summed E-state index contributed by atoms with van der Waals surface area (Å²) in [4.78, 5) is 26.6. The van der Waals surface area contributed by atoms with Crippen molar-refractivity contribution in [1.82, 2.24) is 24.9 Å². The fourth-order valence-electron chi connectivity index (χ4n) is 2.25. The Morgan fingerprint density at radius 3 is 3.04 bits per heavy atom. The Kier molecular flexibility index (Phi) is 3.77. The number of benzene rings is 1. The lowest BCUT2D eigenvalue weighted by atomic mass is 10.2. The molecule has 3 rings (SSSR count). The van der Waals surface area contributed by atoms with E-state index >= 15 is 0 Å². The van der Waals surface area contributed by atoms with Gasteiger partial charge in [-0.2, -0.15) is 14.9 Å². The summed E-state index contributed by atoms with van der Waals surface area (Å²) in [5.41, 5.74) is 3.27. The molecule has 0 saturated heterocycles. The fourth-order valence-corrected chi connectivity index (χ4v) is 2.25. The third-order valence-corrected chi connectivity index (χ3v) is 3.36. The molecule has 4 N–H and O–H groups in total. The predicted molar refractivity (Wildman–Crippen MR) is 84.8 cm³/mol. The van der Waals surface area contributed by atoms with Gasteiger partial charge in [0.15, 0.2) is 5.82 Å². The molecule has 0 aliphatic carbocycles. The zero-order chi connectivity index (χ0) is 16.4. The van der Waals surface area contributed by atoms with E-state index in [1.54, 1.807) is 19.3 Å². The maximum atomic E-state index is 12.2. The van der Waals surface area contributed by atoms with Crippen LogP contribution in [0.2, 0.25) is 0 Å². The van der Waals surface area contributed by atoms with Gasteiger partial charge in [-0.3, -0.25) is 10.2 Å². The van der Waals surface area contributed by atoms with Crippen molar-refractivity contribution in [3.05, 3.63) is 52.3 Å². The van der Waals surface area contributed by atoms with Crippen LogP contribution < -0.4 is 17.0 Å². The number of aromatic amines is 1. The molecule has 118 valence electrons. The van der Waals surface area contributed by atoms with Crippen LogP contribution in [0.15, 0.2) is 40.4 Å². The zero-order valence-electron chi connectivity index (χ0n) is 12.4. The highest BCUT2D eigenvalue weighted by molar-refractivity contribution is 5.98. The third kappa shape index (κ3) is 2.77. The van der Waals surface area contributed by atoms with Gasteiger partial charge in [-0.15, -0.1) is 0 Å². The van der Waals surface area contributed by atoms with Gasteiger partial charge in [-0.1, -0.05) is 18.2 Å². The molecule has 0 saturated carbocycles. The van der Waals surface area contributed by atoms with Crippen LogP contribution in [0.25, 0.3) is 10.9 Å². The van der Waals surface area contributed by atoms with Gasteiger partial charge in [0.1, 0.15) is 6.54 Å². The average molecular weight is 313 g/mol. The van der Waals surface area contributed by atoms with Crippen LogP contribution in [-0.2, 0) is 11.3 Å². The minimum atomic E-state index is -0.516. The first-order valence-electron chi connectivity index (χ1n) is 6.86. The van der Waals surface area contributed by atoms with Crippen LogP contribution in [0.4, 0.5) is 0 Å². The van der Waals surface area contributed by atoms with E-state index < -0.39 is 11.6 Å². The van der Waals surface area contributed by atoms with Gasteiger partial charge >= 0.3 is 5.69 Å². The number of rotatable bonds is 4. The van der Waals surface area contributed by atoms with Crippen LogP contribution in [0.1, 0.15) is 11.4 Å². The quantitative estimate of drug-likeness (QED) is 0.265. The second kappa shape index (κ2) is 5.89. The molecule has 0 unspecified atom stereocenters. The minimum absolute atomic E-state index is 0.258. The molecular weight excluding hydrogens is 298 g/mol. The number of aromatic nitrogens is 4. The summed E-state index contributed by atoms with van der Waals surface area (Å²) in [6.07, 6.45) is 3.38. The SMILES string of the molecule is Cc1nn(CC(=O)NN)c(=O)n1/N=C/c1c[nH]c2ccccc12. The molecule has 23 heavy (non-hydrogen) atoms. The van der Waals surface area contributed by atoms with Crippen molar-refractivity contribution in [3.63, 3.8) is 0 Å². The summed E-state index contributed by atoms with van der Waals surface area (Å²) in [6.45, 7) is 1.37. The monoisotopic (exact) mass is 313 g/mol. The van der Waals surface area contributed by atoms with Crippen molar-refractivity contribution in [2.45, 2.75) is 13.5 Å². The van der Waals surface area contributed by atoms with Crippen molar-refractivity contribution < 1.29 is 4.79 Å². The highest BCUT2D eigenvalue weighted by Gasteiger charge is 2.11. The second-order valence-electron chi connectivity index (χ2n) is 4.90. The topological polar surface area (TPSA) is 123 Å². The Morgan fingerprint density at radius 1 is 1.48 bits per heavy atom. The Hall–Kier alpha value is -3.20. The average Bonchev–Trinajstić information content (AvgIpc) is 3.07. The summed E-state index contributed by atoms with van der Waals surface area (Å²) in [6, 6.07) is 7.76. The summed E-state index contributed by atoms with van der Waals surface area (Å²) in [5, 5.41) is 9.15. The Bertz CT molecular complexity index is 948. The highest BCUT2D eigenvalue weighted by atomic mass is 16.2. The molecule has 9 heteroatoms. The first-order valence-corrected chi connectivity index (χ1v) is 6.86. The Labute approximate surface area is 130 Å². The van der Waals surface area contributed by atoms with Crippen molar-refractivity contribution >= 4 is 23.0 Å². The van der Waals surface area contributed by atoms with E-state index in [2.05, 4.69) is 15.2 Å². The number of nitrogens with one attached hydrogen (secondary N) is 2. The standard InChI is InChI=1S/C14H15N7O2/c1-9-19-20(8-13(22)18-15)14(23)21(9)17-7-10-6-16-12-5-3-2-4-11(10)12/h2-7,16H,8,15H2,1H3,(H,18,22)/b17-7+. The fraction of sp³-hybridized carbons (Fsp3) is 0.143. The van der Waals surface area contributed by atoms with E-state index in [1.807, 2.05) is 29.7 Å². The molecule has 0 radical (unpaired) electrons. The molecule has 0 bridgehead atoms. The third-order valence-electron chi connectivity index (χ3n) is 3.36. The van der Waals surface area contributed by atoms with E-state index in [1.165, 1.54) is 0 Å². The van der Waals surface area contributed by atoms with Gasteiger partial charge in [0, 0.05) is 22.7 Å². The number of carbonyl (C=O) groups excluding carboxylic acids is 1. The maximum absolute atomic E-state index is 12.2. The minimum Gasteiger partial charge on any atom is -0.361 e. The van der Waals surface area contributed by atoms with Gasteiger partial charge in [0.2, 0.25) is 0 Å². The number of H-pyrrole nitrogens is 1. The largest absolute Gasteiger partial charge is 0.367 e. The van der Waals surface area contributed by atoms with E-state index in [9.17, 15) is 9.59 Å². The van der Waals surface area contributed by atoms with Crippen molar-refractivity contribution in [2.75, 3.05) is 0 Å². The van der Waals surface area contributed by atoms with E-state index in [-0.39, 0.29) is 6.54 Å². The van der Waals surface area contributed by atoms with Crippen LogP contribution in [0.3, 0.4) is 0 Å². The maximum Gasteiger partial charge on any atom is 0.367 e.